The third-order valence-corrected chi connectivity index (χ3v) is 2.05. The Kier molecular flexibility index (Phi) is 4.18. The molecule has 0 heterocycles. The van der Waals surface area contributed by atoms with Crippen molar-refractivity contribution in [2.75, 3.05) is 0 Å². The van der Waals surface area contributed by atoms with Crippen LogP contribution in [0.1, 0.15) is 0 Å². The molecule has 0 aromatic heterocycles. The first-order valence-corrected chi connectivity index (χ1v) is 4.29. The quantitative estimate of drug-likeness (QED) is 0.653. The van der Waals surface area contributed by atoms with Crippen LogP contribution in [0.4, 0.5) is 8.78 Å². The van der Waals surface area contributed by atoms with Gasteiger partial charge >= 0.3 is 7.60 Å². The number of hydrogen-bond donors (Lipinski definition) is 2. The van der Waals surface area contributed by atoms with Gasteiger partial charge in [0.05, 0.1) is 12.7 Å². The second-order valence-corrected chi connectivity index (χ2v) is 3.49. The Morgan fingerprint density at radius 3 is 1.73 bits per heavy atom. The zero-order chi connectivity index (χ0) is 8.91. The molecule has 0 aliphatic carbocycles. The van der Waals surface area contributed by atoms with Gasteiger partial charge in [-0.1, -0.05) is 0 Å². The van der Waals surface area contributed by atoms with Crippen LogP contribution in [0.2, 0.25) is 0 Å². The molecule has 0 unspecified atom stereocenters. The van der Waals surface area contributed by atoms with E-state index in [9.17, 15) is 13.3 Å². The predicted octanol–water partition coefficient (Wildman–Crippen LogP) is 1.50. The maximum Gasteiger partial charge on any atom is 0.336 e. The van der Waals surface area contributed by atoms with Crippen molar-refractivity contribution in [2.45, 2.75) is 5.66 Å². The van der Waals surface area contributed by atoms with Gasteiger partial charge in [-0.05, 0) is 12.2 Å². The molecule has 0 spiro atoms. The van der Waals surface area contributed by atoms with E-state index in [1.165, 1.54) is 0 Å². The topological polar surface area (TPSA) is 57.5 Å². The van der Waals surface area contributed by atoms with Gasteiger partial charge in [-0.15, -0.1) is 0 Å². The van der Waals surface area contributed by atoms with Gasteiger partial charge in [-0.25, -0.2) is 8.78 Å². The summed E-state index contributed by atoms with van der Waals surface area (Å²) >= 11 is 0. The fraction of sp³-hybridized carbons (Fsp3) is 0.200. The van der Waals surface area contributed by atoms with Crippen molar-refractivity contribution in [3.8, 4) is 0 Å². The van der Waals surface area contributed by atoms with Crippen molar-refractivity contribution < 1.29 is 23.1 Å². The molecular formula is C5H7F2O3P. The predicted molar refractivity (Wildman–Crippen MR) is 36.3 cm³/mol. The Labute approximate surface area is 62.2 Å². The van der Waals surface area contributed by atoms with Crippen molar-refractivity contribution in [2.24, 2.45) is 0 Å². The summed E-state index contributed by atoms with van der Waals surface area (Å²) in [4.78, 5) is 16.8. The number of allylic oxidation sites excluding steroid dienone is 2. The van der Waals surface area contributed by atoms with Crippen molar-refractivity contribution in [3.63, 3.8) is 0 Å². The molecule has 0 aliphatic rings. The van der Waals surface area contributed by atoms with Gasteiger partial charge < -0.3 is 9.79 Å². The summed E-state index contributed by atoms with van der Waals surface area (Å²) in [5.74, 6) is 0. The maximum absolute atomic E-state index is 11.4. The Morgan fingerprint density at radius 2 is 1.55 bits per heavy atom. The Bertz CT molecular complexity index is 196. The summed E-state index contributed by atoms with van der Waals surface area (Å²) in [6, 6.07) is 0. The van der Waals surface area contributed by atoms with Crippen LogP contribution in [0, 0.1) is 0 Å². The summed E-state index contributed by atoms with van der Waals surface area (Å²) in [5.41, 5.74) is -1.52. The van der Waals surface area contributed by atoms with Gasteiger partial charge in [0.1, 0.15) is 5.66 Å². The molecule has 0 amide bonds. The van der Waals surface area contributed by atoms with E-state index >= 15 is 0 Å². The monoisotopic (exact) mass is 184 g/mol. The Morgan fingerprint density at radius 1 is 1.18 bits per heavy atom. The average Bonchev–Trinajstić information content (AvgIpc) is 1.85. The van der Waals surface area contributed by atoms with Crippen LogP contribution >= 0.6 is 7.60 Å². The van der Waals surface area contributed by atoms with Crippen LogP contribution in [0.15, 0.2) is 24.8 Å². The molecule has 0 saturated carbocycles. The van der Waals surface area contributed by atoms with E-state index in [1.54, 1.807) is 0 Å². The molecule has 2 N–H and O–H groups in total. The third-order valence-electron chi connectivity index (χ3n) is 0.928. The molecule has 6 heteroatoms. The number of hydrogen-bond acceptors (Lipinski definition) is 1. The van der Waals surface area contributed by atoms with Crippen molar-refractivity contribution in [1.82, 2.24) is 0 Å². The number of halogens is 2. The highest BCUT2D eigenvalue weighted by atomic mass is 31.2. The molecule has 0 aliphatic heterocycles. The van der Waals surface area contributed by atoms with E-state index < -0.39 is 13.3 Å². The van der Waals surface area contributed by atoms with E-state index in [4.69, 9.17) is 9.79 Å². The van der Waals surface area contributed by atoms with Crippen LogP contribution in [-0.2, 0) is 4.57 Å². The fourth-order valence-corrected chi connectivity index (χ4v) is 1.02. The fourth-order valence-electron chi connectivity index (χ4n) is 0.437. The summed E-state index contributed by atoms with van der Waals surface area (Å²) in [5, 5.41) is 0. The molecule has 0 aromatic carbocycles. The minimum Gasteiger partial charge on any atom is -0.324 e. The van der Waals surface area contributed by atoms with E-state index in [0.717, 1.165) is 0 Å². The highest BCUT2D eigenvalue weighted by Gasteiger charge is 2.23. The standard InChI is InChI=1S/C5H7F2O3P/c6-3-1-5(2-4-7)11(8,9)10/h1-5H,(H2,8,9,10). The molecule has 0 radical (unpaired) electrons. The lowest BCUT2D eigenvalue weighted by Gasteiger charge is -2.07. The van der Waals surface area contributed by atoms with Crippen molar-refractivity contribution >= 4 is 7.60 Å². The van der Waals surface area contributed by atoms with Crippen LogP contribution in [-0.4, -0.2) is 15.4 Å². The molecule has 0 bridgehead atoms. The molecule has 0 atom stereocenters. The molecule has 11 heavy (non-hydrogen) atoms. The molecule has 0 fully saturated rings. The van der Waals surface area contributed by atoms with Gasteiger partial charge in [-0.2, -0.15) is 0 Å². The van der Waals surface area contributed by atoms with Crippen molar-refractivity contribution in [1.29, 1.82) is 0 Å². The zero-order valence-electron chi connectivity index (χ0n) is 5.39. The lowest BCUT2D eigenvalue weighted by atomic mass is 10.4. The van der Waals surface area contributed by atoms with E-state index in [2.05, 4.69) is 0 Å². The minimum absolute atomic E-state index is 0.0379. The normalized spacial score (nSPS) is 16.4. The second kappa shape index (κ2) is 4.38. The first-order chi connectivity index (χ1) is 5.02. The summed E-state index contributed by atoms with van der Waals surface area (Å²) in [7, 11) is -4.46. The van der Waals surface area contributed by atoms with E-state index in [1.807, 2.05) is 0 Å². The maximum atomic E-state index is 11.4. The van der Waals surface area contributed by atoms with Gasteiger partial charge in [0, 0.05) is 0 Å². The van der Waals surface area contributed by atoms with Crippen LogP contribution in [0.25, 0.3) is 0 Å². The lowest BCUT2D eigenvalue weighted by molar-refractivity contribution is 0.370. The van der Waals surface area contributed by atoms with Crippen molar-refractivity contribution in [3.05, 3.63) is 24.8 Å². The van der Waals surface area contributed by atoms with Gasteiger partial charge in [0.15, 0.2) is 0 Å². The van der Waals surface area contributed by atoms with Gasteiger partial charge in [0.25, 0.3) is 0 Å². The third kappa shape index (κ3) is 4.03. The van der Waals surface area contributed by atoms with Crippen LogP contribution in [0.3, 0.4) is 0 Å². The highest BCUT2D eigenvalue weighted by molar-refractivity contribution is 7.53. The van der Waals surface area contributed by atoms with E-state index in [0.29, 0.717) is 12.2 Å². The molecule has 3 nitrogen and oxygen atoms in total. The largest absolute Gasteiger partial charge is 0.336 e. The van der Waals surface area contributed by atoms with Crippen LogP contribution in [0.5, 0.6) is 0 Å². The lowest BCUT2D eigenvalue weighted by Crippen LogP contribution is -1.99. The van der Waals surface area contributed by atoms with E-state index in [-0.39, 0.29) is 12.7 Å². The molecule has 0 aromatic rings. The smallest absolute Gasteiger partial charge is 0.324 e. The highest BCUT2D eigenvalue weighted by Crippen LogP contribution is 2.42. The molecular weight excluding hydrogens is 177 g/mol. The van der Waals surface area contributed by atoms with Gasteiger partial charge in [-0.3, -0.25) is 4.57 Å². The SMILES string of the molecule is O=P(O)(O)C(C=CF)C=CF. The van der Waals surface area contributed by atoms with Crippen LogP contribution < -0.4 is 0 Å². The molecule has 0 saturated heterocycles. The molecule has 64 valence electrons. The summed E-state index contributed by atoms with van der Waals surface area (Å²) in [6.07, 6.45) is 1.08. The summed E-state index contributed by atoms with van der Waals surface area (Å²) < 4.78 is 33.2. The molecule has 0 rings (SSSR count). The zero-order valence-corrected chi connectivity index (χ0v) is 6.29. The van der Waals surface area contributed by atoms with Gasteiger partial charge in [0.2, 0.25) is 0 Å². The second-order valence-electron chi connectivity index (χ2n) is 1.72. The average molecular weight is 184 g/mol. The first kappa shape index (κ1) is 10.5. The summed E-state index contributed by atoms with van der Waals surface area (Å²) in [6.45, 7) is 0. The minimum atomic E-state index is -4.46. The first-order valence-electron chi connectivity index (χ1n) is 2.61. The Hall–Kier alpha value is -0.510. The number of rotatable bonds is 3. The Balaban J connectivity index is 4.48.